The fourth-order valence-corrected chi connectivity index (χ4v) is 5.23. The second-order valence-corrected chi connectivity index (χ2v) is 10.2. The smallest absolute Gasteiger partial charge is 0.265 e. The van der Waals surface area contributed by atoms with E-state index in [1.54, 1.807) is 82.0 Å². The number of hydrogen-bond acceptors (Lipinski definition) is 9. The van der Waals surface area contributed by atoms with Gasteiger partial charge in [-0.1, -0.05) is 36.4 Å². The zero-order valence-corrected chi connectivity index (χ0v) is 22.8. The van der Waals surface area contributed by atoms with Crippen molar-refractivity contribution in [2.24, 2.45) is 0 Å². The van der Waals surface area contributed by atoms with Gasteiger partial charge in [0.1, 0.15) is 22.1 Å². The predicted octanol–water partition coefficient (Wildman–Crippen LogP) is 5.94. The third-order valence-electron chi connectivity index (χ3n) is 5.97. The van der Waals surface area contributed by atoms with Crippen molar-refractivity contribution in [3.8, 4) is 17.2 Å². The summed E-state index contributed by atoms with van der Waals surface area (Å²) in [6.07, 6.45) is 0. The lowest BCUT2D eigenvalue weighted by molar-refractivity contribution is 0.395. The number of rotatable bonds is 10. The highest BCUT2D eigenvalue weighted by molar-refractivity contribution is 7.92. The minimum absolute atomic E-state index is 0.0184. The number of benzene rings is 4. The molecule has 11 heteroatoms. The molecule has 0 saturated carbocycles. The number of methoxy groups -OCH3 is 3. The van der Waals surface area contributed by atoms with Crippen LogP contribution in [0.2, 0.25) is 0 Å². The lowest BCUT2D eigenvalue weighted by atomic mass is 10.2. The summed E-state index contributed by atoms with van der Waals surface area (Å²) < 4.78 is 46.4. The van der Waals surface area contributed by atoms with Crippen LogP contribution in [-0.4, -0.2) is 39.7 Å². The Kier molecular flexibility index (Phi) is 7.56. The molecule has 4 aromatic carbocycles. The zero-order chi connectivity index (χ0) is 28.1. The van der Waals surface area contributed by atoms with Crippen molar-refractivity contribution in [3.63, 3.8) is 0 Å². The summed E-state index contributed by atoms with van der Waals surface area (Å²) in [4.78, 5) is 9.27. The first-order chi connectivity index (χ1) is 19.4. The van der Waals surface area contributed by atoms with E-state index in [1.807, 2.05) is 24.3 Å². The molecule has 1 heterocycles. The predicted molar refractivity (Wildman–Crippen MR) is 156 cm³/mol. The molecule has 204 valence electrons. The zero-order valence-electron chi connectivity index (χ0n) is 22.0. The van der Waals surface area contributed by atoms with Crippen LogP contribution in [0.25, 0.3) is 11.0 Å². The molecular formula is C29H27N5O5S. The van der Waals surface area contributed by atoms with E-state index in [4.69, 9.17) is 14.2 Å². The van der Waals surface area contributed by atoms with Gasteiger partial charge in [0.2, 0.25) is 0 Å². The number of nitrogens with one attached hydrogen (secondary N) is 3. The summed E-state index contributed by atoms with van der Waals surface area (Å²) in [6.45, 7) is 0. The maximum absolute atomic E-state index is 13.8. The minimum atomic E-state index is -4.14. The van der Waals surface area contributed by atoms with E-state index >= 15 is 0 Å². The van der Waals surface area contributed by atoms with Crippen LogP contribution >= 0.6 is 0 Å². The van der Waals surface area contributed by atoms with Gasteiger partial charge in [-0.3, -0.25) is 4.72 Å². The second-order valence-electron chi connectivity index (χ2n) is 8.56. The molecule has 10 nitrogen and oxygen atoms in total. The van der Waals surface area contributed by atoms with Gasteiger partial charge in [-0.05, 0) is 36.4 Å². The van der Waals surface area contributed by atoms with E-state index in [0.717, 1.165) is 0 Å². The van der Waals surface area contributed by atoms with Crippen LogP contribution in [0, 0.1) is 0 Å². The monoisotopic (exact) mass is 557 g/mol. The minimum Gasteiger partial charge on any atom is -0.497 e. The van der Waals surface area contributed by atoms with Crippen LogP contribution in [0.4, 0.5) is 28.7 Å². The Hall–Kier alpha value is -5.03. The van der Waals surface area contributed by atoms with E-state index in [0.29, 0.717) is 45.3 Å². The van der Waals surface area contributed by atoms with Crippen LogP contribution in [0.5, 0.6) is 17.2 Å². The van der Waals surface area contributed by atoms with Gasteiger partial charge >= 0.3 is 0 Å². The van der Waals surface area contributed by atoms with Crippen molar-refractivity contribution >= 4 is 49.8 Å². The van der Waals surface area contributed by atoms with Crippen molar-refractivity contribution in [1.29, 1.82) is 0 Å². The lowest BCUT2D eigenvalue weighted by Gasteiger charge is -2.17. The first kappa shape index (κ1) is 26.6. The van der Waals surface area contributed by atoms with Crippen molar-refractivity contribution in [3.05, 3.63) is 91.0 Å². The molecular weight excluding hydrogens is 530 g/mol. The molecule has 3 N–H and O–H groups in total. The normalized spacial score (nSPS) is 11.1. The Bertz CT molecular complexity index is 1760. The van der Waals surface area contributed by atoms with Gasteiger partial charge < -0.3 is 24.8 Å². The molecule has 0 aliphatic rings. The topological polar surface area (TPSA) is 124 Å². The second kappa shape index (κ2) is 11.4. The Morgan fingerprint density at radius 1 is 0.625 bits per heavy atom. The van der Waals surface area contributed by atoms with E-state index in [-0.39, 0.29) is 16.5 Å². The molecule has 5 rings (SSSR count). The number of sulfonamides is 1. The standard InChI is InChI=1S/C29H27N5O5S/c1-37-20-16-19(17-21(18-20)38-2)30-28-29(33-23-11-5-4-10-22(23)32-28)34-40(35,36)27-15-9-7-13-25(27)31-24-12-6-8-14-26(24)39-3/h4-18,31H,1-3H3,(H,30,32)(H,33,34). The summed E-state index contributed by atoms with van der Waals surface area (Å²) in [5, 5.41) is 6.33. The molecule has 0 fully saturated rings. The average molecular weight is 558 g/mol. The number of nitrogens with zero attached hydrogens (tertiary/aromatic N) is 2. The molecule has 0 saturated heterocycles. The summed E-state index contributed by atoms with van der Waals surface area (Å²) >= 11 is 0. The fourth-order valence-electron chi connectivity index (χ4n) is 4.05. The number of ether oxygens (including phenoxy) is 3. The Labute approximate surface area is 232 Å². The average Bonchev–Trinajstić information content (AvgIpc) is 2.97. The molecule has 0 radical (unpaired) electrons. The van der Waals surface area contributed by atoms with Gasteiger partial charge in [0.15, 0.2) is 11.6 Å². The molecule has 0 amide bonds. The number of fused-ring (bicyclic) bond motifs is 1. The van der Waals surface area contributed by atoms with Crippen LogP contribution < -0.4 is 29.6 Å². The van der Waals surface area contributed by atoms with Gasteiger partial charge in [-0.2, -0.15) is 0 Å². The molecule has 0 atom stereocenters. The third-order valence-corrected chi connectivity index (χ3v) is 7.37. The lowest BCUT2D eigenvalue weighted by Crippen LogP contribution is -2.17. The first-order valence-corrected chi connectivity index (χ1v) is 13.7. The molecule has 0 unspecified atom stereocenters. The summed E-state index contributed by atoms with van der Waals surface area (Å²) in [5.41, 5.74) is 2.66. The van der Waals surface area contributed by atoms with Gasteiger partial charge in [0, 0.05) is 23.9 Å². The highest BCUT2D eigenvalue weighted by Crippen LogP contribution is 2.34. The number of hydrogen-bond donors (Lipinski definition) is 3. The Morgan fingerprint density at radius 3 is 1.85 bits per heavy atom. The first-order valence-electron chi connectivity index (χ1n) is 12.2. The van der Waals surface area contributed by atoms with Gasteiger partial charge in [-0.25, -0.2) is 18.4 Å². The summed E-state index contributed by atoms with van der Waals surface area (Å²) in [7, 11) is 0.505. The van der Waals surface area contributed by atoms with Gasteiger partial charge in [-0.15, -0.1) is 0 Å². The van der Waals surface area contributed by atoms with Crippen molar-refractivity contribution in [1.82, 2.24) is 9.97 Å². The van der Waals surface area contributed by atoms with Gasteiger partial charge in [0.25, 0.3) is 10.0 Å². The Morgan fingerprint density at radius 2 is 1.20 bits per heavy atom. The van der Waals surface area contributed by atoms with E-state index in [9.17, 15) is 8.42 Å². The fraction of sp³-hybridized carbons (Fsp3) is 0.103. The van der Waals surface area contributed by atoms with Crippen molar-refractivity contribution < 1.29 is 22.6 Å². The van der Waals surface area contributed by atoms with Crippen LogP contribution in [-0.2, 0) is 10.0 Å². The SMILES string of the molecule is COc1cc(Nc2nc3ccccc3nc2NS(=O)(=O)c2ccccc2Nc2ccccc2OC)cc(OC)c1. The maximum atomic E-state index is 13.8. The van der Waals surface area contributed by atoms with Crippen LogP contribution in [0.15, 0.2) is 95.9 Å². The Balaban J connectivity index is 1.55. The van der Waals surface area contributed by atoms with Crippen LogP contribution in [0.1, 0.15) is 0 Å². The molecule has 0 aliphatic carbocycles. The molecule has 1 aromatic heterocycles. The van der Waals surface area contributed by atoms with E-state index in [1.165, 1.54) is 6.07 Å². The van der Waals surface area contributed by atoms with Gasteiger partial charge in [0.05, 0.1) is 43.7 Å². The van der Waals surface area contributed by atoms with Crippen LogP contribution in [0.3, 0.4) is 0 Å². The molecule has 0 spiro atoms. The highest BCUT2D eigenvalue weighted by atomic mass is 32.2. The summed E-state index contributed by atoms with van der Waals surface area (Å²) in [6, 6.07) is 26.2. The largest absolute Gasteiger partial charge is 0.497 e. The molecule has 0 bridgehead atoms. The summed E-state index contributed by atoms with van der Waals surface area (Å²) in [5.74, 6) is 1.90. The number of para-hydroxylation sites is 5. The molecule has 0 aliphatic heterocycles. The maximum Gasteiger partial charge on any atom is 0.265 e. The number of anilines is 5. The number of aromatic nitrogens is 2. The van der Waals surface area contributed by atoms with E-state index < -0.39 is 10.0 Å². The molecule has 40 heavy (non-hydrogen) atoms. The third kappa shape index (κ3) is 5.69. The van der Waals surface area contributed by atoms with E-state index in [2.05, 4.69) is 25.3 Å². The van der Waals surface area contributed by atoms with Crippen molar-refractivity contribution in [2.75, 3.05) is 36.7 Å². The van der Waals surface area contributed by atoms with Crippen molar-refractivity contribution in [2.45, 2.75) is 4.90 Å². The molecule has 5 aromatic rings. The quantitative estimate of drug-likeness (QED) is 0.191. The highest BCUT2D eigenvalue weighted by Gasteiger charge is 2.23.